The van der Waals surface area contributed by atoms with Crippen LogP contribution in [0.2, 0.25) is 0 Å². The number of nitrogens with one attached hydrogen (secondary N) is 2. The Labute approximate surface area is 166 Å². The lowest BCUT2D eigenvalue weighted by molar-refractivity contribution is -0.0333. The van der Waals surface area contributed by atoms with E-state index in [4.69, 9.17) is 9.73 Å². The maximum absolute atomic E-state index is 5.61. The van der Waals surface area contributed by atoms with Gasteiger partial charge in [0.25, 0.3) is 0 Å². The van der Waals surface area contributed by atoms with E-state index < -0.39 is 0 Å². The Morgan fingerprint density at radius 2 is 1.74 bits per heavy atom. The Bertz CT molecular complexity index is 449. The summed E-state index contributed by atoms with van der Waals surface area (Å²) in [5, 5.41) is 7.12. The Kier molecular flexibility index (Phi) is 8.22. The smallest absolute Gasteiger partial charge is 0.191 e. The summed E-state index contributed by atoms with van der Waals surface area (Å²) in [6, 6.07) is 0. The van der Waals surface area contributed by atoms with Crippen LogP contribution in [-0.4, -0.2) is 87.4 Å². The van der Waals surface area contributed by atoms with Gasteiger partial charge in [0.15, 0.2) is 5.96 Å². The first-order valence-corrected chi connectivity index (χ1v) is 11.3. The van der Waals surface area contributed by atoms with E-state index in [1.807, 2.05) is 0 Å². The highest BCUT2D eigenvalue weighted by Gasteiger charge is 2.38. The summed E-state index contributed by atoms with van der Waals surface area (Å²) in [5.74, 6) is 1.78. The van der Waals surface area contributed by atoms with Gasteiger partial charge in [-0.3, -0.25) is 9.89 Å². The predicted molar refractivity (Wildman–Crippen MR) is 112 cm³/mol. The number of hydrogen-bond donors (Lipinski definition) is 2. The molecule has 2 N–H and O–H groups in total. The van der Waals surface area contributed by atoms with Crippen molar-refractivity contribution in [3.05, 3.63) is 0 Å². The van der Waals surface area contributed by atoms with Crippen molar-refractivity contribution in [2.75, 3.05) is 66.1 Å². The number of guanidine groups is 1. The molecule has 156 valence electrons. The van der Waals surface area contributed by atoms with E-state index in [-0.39, 0.29) is 5.54 Å². The number of ether oxygens (including phenoxy) is 1. The molecule has 0 unspecified atom stereocenters. The second kappa shape index (κ2) is 10.6. The molecule has 6 nitrogen and oxygen atoms in total. The molecule has 6 heteroatoms. The molecule has 3 aliphatic rings. The van der Waals surface area contributed by atoms with Crippen LogP contribution in [0, 0.1) is 5.92 Å². The minimum absolute atomic E-state index is 0.248. The standard InChI is InChI=1S/C21H41N5O/c1-3-22-20(23-17-19-7-11-25(2)12-8-19)24-18-21(9-5-4-6-10-21)26-13-15-27-16-14-26/h19H,3-18H2,1-2H3,(H2,22,23,24). The summed E-state index contributed by atoms with van der Waals surface area (Å²) in [6.07, 6.45) is 9.21. The molecular weight excluding hydrogens is 338 g/mol. The van der Waals surface area contributed by atoms with Crippen molar-refractivity contribution in [2.45, 2.75) is 57.4 Å². The summed E-state index contributed by atoms with van der Waals surface area (Å²) in [6.45, 7) is 11.4. The van der Waals surface area contributed by atoms with E-state index in [2.05, 4.69) is 34.4 Å². The second-order valence-corrected chi connectivity index (χ2v) is 8.71. The lowest BCUT2D eigenvalue weighted by atomic mass is 9.80. The van der Waals surface area contributed by atoms with Crippen LogP contribution < -0.4 is 10.6 Å². The first kappa shape index (κ1) is 20.9. The third kappa shape index (κ3) is 6.06. The molecular formula is C21H41N5O. The highest BCUT2D eigenvalue weighted by molar-refractivity contribution is 5.79. The normalized spacial score (nSPS) is 26.1. The first-order valence-electron chi connectivity index (χ1n) is 11.3. The average Bonchev–Trinajstić information content (AvgIpc) is 2.72. The topological polar surface area (TPSA) is 52.1 Å². The van der Waals surface area contributed by atoms with Crippen molar-refractivity contribution < 1.29 is 4.74 Å². The highest BCUT2D eigenvalue weighted by Crippen LogP contribution is 2.34. The molecule has 2 aliphatic heterocycles. The van der Waals surface area contributed by atoms with Crippen LogP contribution in [0.25, 0.3) is 0 Å². The number of nitrogens with zero attached hydrogens (tertiary/aromatic N) is 3. The fraction of sp³-hybridized carbons (Fsp3) is 0.952. The molecule has 2 saturated heterocycles. The zero-order valence-electron chi connectivity index (χ0n) is 17.6. The third-order valence-corrected chi connectivity index (χ3v) is 6.74. The number of likely N-dealkylation sites (tertiary alicyclic amines) is 1. The molecule has 2 heterocycles. The third-order valence-electron chi connectivity index (χ3n) is 6.74. The van der Waals surface area contributed by atoms with Crippen molar-refractivity contribution in [3.8, 4) is 0 Å². The quantitative estimate of drug-likeness (QED) is 0.545. The Hall–Kier alpha value is -0.850. The summed E-state index contributed by atoms with van der Waals surface area (Å²) in [5.41, 5.74) is 0.248. The van der Waals surface area contributed by atoms with E-state index in [1.165, 1.54) is 58.0 Å². The zero-order valence-corrected chi connectivity index (χ0v) is 17.6. The molecule has 0 spiro atoms. The van der Waals surface area contributed by atoms with E-state index in [0.29, 0.717) is 0 Å². The largest absolute Gasteiger partial charge is 0.379 e. The SMILES string of the molecule is CCNC(=NCC1(N2CCOCC2)CCCCC1)NCC1CCN(C)CC1. The van der Waals surface area contributed by atoms with E-state index in [0.717, 1.165) is 57.8 Å². The van der Waals surface area contributed by atoms with Crippen LogP contribution in [0.15, 0.2) is 4.99 Å². The maximum atomic E-state index is 5.61. The molecule has 27 heavy (non-hydrogen) atoms. The van der Waals surface area contributed by atoms with Crippen molar-refractivity contribution in [3.63, 3.8) is 0 Å². The Morgan fingerprint density at radius 1 is 1.04 bits per heavy atom. The van der Waals surface area contributed by atoms with E-state index in [9.17, 15) is 0 Å². The number of morpholine rings is 1. The van der Waals surface area contributed by atoms with Gasteiger partial charge < -0.3 is 20.3 Å². The fourth-order valence-electron chi connectivity index (χ4n) is 4.90. The molecule has 0 aromatic rings. The van der Waals surface area contributed by atoms with Crippen LogP contribution in [0.3, 0.4) is 0 Å². The molecule has 0 aromatic heterocycles. The van der Waals surface area contributed by atoms with Gasteiger partial charge in [-0.2, -0.15) is 0 Å². The van der Waals surface area contributed by atoms with E-state index in [1.54, 1.807) is 0 Å². The van der Waals surface area contributed by atoms with Crippen molar-refractivity contribution in [2.24, 2.45) is 10.9 Å². The lowest BCUT2D eigenvalue weighted by Crippen LogP contribution is -2.56. The van der Waals surface area contributed by atoms with E-state index >= 15 is 0 Å². The minimum atomic E-state index is 0.248. The predicted octanol–water partition coefficient (Wildman–Crippen LogP) is 1.92. The molecule has 3 rings (SSSR count). The zero-order chi connectivity index (χ0) is 19.0. The van der Waals surface area contributed by atoms with Gasteiger partial charge in [-0.25, -0.2) is 0 Å². The maximum Gasteiger partial charge on any atom is 0.191 e. The fourth-order valence-corrected chi connectivity index (χ4v) is 4.90. The molecule has 1 aliphatic carbocycles. The van der Waals surface area contributed by atoms with Crippen LogP contribution >= 0.6 is 0 Å². The molecule has 0 radical (unpaired) electrons. The van der Waals surface area contributed by atoms with Crippen molar-refractivity contribution in [1.29, 1.82) is 0 Å². The molecule has 0 atom stereocenters. The van der Waals surface area contributed by atoms with Gasteiger partial charge >= 0.3 is 0 Å². The lowest BCUT2D eigenvalue weighted by Gasteiger charge is -2.47. The monoisotopic (exact) mass is 379 g/mol. The Balaban J connectivity index is 1.58. The Morgan fingerprint density at radius 3 is 2.41 bits per heavy atom. The number of aliphatic imine (C=N–C) groups is 1. The van der Waals surface area contributed by atoms with Gasteiger partial charge in [-0.05, 0) is 58.7 Å². The van der Waals surface area contributed by atoms with Crippen LogP contribution in [0.5, 0.6) is 0 Å². The van der Waals surface area contributed by atoms with Gasteiger partial charge in [0.1, 0.15) is 0 Å². The first-order chi connectivity index (χ1) is 13.2. The number of rotatable bonds is 6. The van der Waals surface area contributed by atoms with Gasteiger partial charge in [0.05, 0.1) is 19.8 Å². The van der Waals surface area contributed by atoms with Crippen LogP contribution in [-0.2, 0) is 4.74 Å². The molecule has 3 fully saturated rings. The van der Waals surface area contributed by atoms with Crippen molar-refractivity contribution >= 4 is 5.96 Å². The van der Waals surface area contributed by atoms with Crippen molar-refractivity contribution in [1.82, 2.24) is 20.4 Å². The molecule has 0 amide bonds. The molecule has 0 aromatic carbocycles. The van der Waals surface area contributed by atoms with Gasteiger partial charge in [-0.15, -0.1) is 0 Å². The van der Waals surface area contributed by atoms with Gasteiger partial charge in [-0.1, -0.05) is 19.3 Å². The van der Waals surface area contributed by atoms with Gasteiger partial charge in [0, 0.05) is 31.7 Å². The summed E-state index contributed by atoms with van der Waals surface area (Å²) < 4.78 is 5.61. The number of piperidine rings is 1. The van der Waals surface area contributed by atoms with Gasteiger partial charge in [0.2, 0.25) is 0 Å². The highest BCUT2D eigenvalue weighted by atomic mass is 16.5. The van der Waals surface area contributed by atoms with Crippen LogP contribution in [0.1, 0.15) is 51.9 Å². The summed E-state index contributed by atoms with van der Waals surface area (Å²) in [4.78, 5) is 10.2. The minimum Gasteiger partial charge on any atom is -0.379 e. The average molecular weight is 380 g/mol. The molecule has 1 saturated carbocycles. The second-order valence-electron chi connectivity index (χ2n) is 8.71. The molecule has 0 bridgehead atoms. The summed E-state index contributed by atoms with van der Waals surface area (Å²) in [7, 11) is 2.23. The summed E-state index contributed by atoms with van der Waals surface area (Å²) >= 11 is 0. The number of hydrogen-bond acceptors (Lipinski definition) is 4. The van der Waals surface area contributed by atoms with Crippen LogP contribution in [0.4, 0.5) is 0 Å².